The second kappa shape index (κ2) is 8.22. The van der Waals surface area contributed by atoms with Crippen LogP contribution in [-0.4, -0.2) is 62.8 Å². The monoisotopic (exact) mass is 453 g/mol. The minimum Gasteiger partial charge on any atom is -0.465 e. The molecule has 2 fully saturated rings. The van der Waals surface area contributed by atoms with Crippen molar-refractivity contribution in [1.29, 1.82) is 0 Å². The third-order valence-electron chi connectivity index (χ3n) is 5.44. The molecule has 4 rings (SSSR count). The van der Waals surface area contributed by atoms with Gasteiger partial charge in [-0.2, -0.15) is 9.61 Å². The first-order valence-electron chi connectivity index (χ1n) is 9.60. The maximum absolute atomic E-state index is 12.0. The zero-order valence-corrected chi connectivity index (χ0v) is 17.0. The topological polar surface area (TPSA) is 112 Å². The van der Waals surface area contributed by atoms with E-state index in [1.165, 1.54) is 9.42 Å². The molecule has 9 nitrogen and oxygen atoms in total. The number of hydrogen-bond acceptors (Lipinski definition) is 6. The van der Waals surface area contributed by atoms with Crippen LogP contribution >= 0.6 is 15.9 Å². The Bertz CT molecular complexity index is 854. The molecule has 1 aliphatic heterocycles. The fourth-order valence-electron chi connectivity index (χ4n) is 3.91. The minimum atomic E-state index is -1.05. The lowest BCUT2D eigenvalue weighted by Gasteiger charge is -2.29. The van der Waals surface area contributed by atoms with Crippen LogP contribution in [0.5, 0.6) is 0 Å². The predicted molar refractivity (Wildman–Crippen MR) is 107 cm³/mol. The molecule has 3 atom stereocenters. The summed E-state index contributed by atoms with van der Waals surface area (Å²) >= 11 is 3.44. The molecule has 2 aliphatic rings. The van der Waals surface area contributed by atoms with Gasteiger partial charge in [0, 0.05) is 25.1 Å². The highest BCUT2D eigenvalue weighted by molar-refractivity contribution is 9.10. The summed E-state index contributed by atoms with van der Waals surface area (Å²) in [5.41, 5.74) is 0.527. The van der Waals surface area contributed by atoms with E-state index in [9.17, 15) is 15.0 Å². The van der Waals surface area contributed by atoms with Gasteiger partial charge in [-0.05, 0) is 35.2 Å². The number of carbonyl (C=O) groups is 1. The second-order valence-electron chi connectivity index (χ2n) is 7.45. The SMILES string of the molecule is O=C(O)N(C[C@H]1CCOC1)c1cc(N[C@H]2CCCC[C@H]2O)nc2c(Br)cnn12. The molecule has 3 heterocycles. The normalized spacial score (nSPS) is 25.1. The third-order valence-corrected chi connectivity index (χ3v) is 6.00. The number of amides is 1. The number of aliphatic hydroxyl groups excluding tert-OH is 1. The Hall–Kier alpha value is -1.91. The number of hydrogen-bond donors (Lipinski definition) is 3. The molecule has 0 unspecified atom stereocenters. The van der Waals surface area contributed by atoms with Crippen molar-refractivity contribution in [3.05, 3.63) is 16.7 Å². The number of fused-ring (bicyclic) bond motifs is 1. The number of aromatic nitrogens is 3. The Morgan fingerprint density at radius 3 is 2.93 bits per heavy atom. The molecule has 0 bridgehead atoms. The lowest BCUT2D eigenvalue weighted by Crippen LogP contribution is -2.38. The number of halogens is 1. The summed E-state index contributed by atoms with van der Waals surface area (Å²) in [4.78, 5) is 17.9. The highest BCUT2D eigenvalue weighted by atomic mass is 79.9. The Morgan fingerprint density at radius 1 is 1.39 bits per heavy atom. The highest BCUT2D eigenvalue weighted by Crippen LogP contribution is 2.29. The van der Waals surface area contributed by atoms with E-state index in [-0.39, 0.29) is 12.0 Å². The summed E-state index contributed by atoms with van der Waals surface area (Å²) in [6.45, 7) is 1.54. The van der Waals surface area contributed by atoms with Gasteiger partial charge in [0.2, 0.25) is 0 Å². The largest absolute Gasteiger partial charge is 0.465 e. The summed E-state index contributed by atoms with van der Waals surface area (Å²) in [5.74, 6) is 1.10. The van der Waals surface area contributed by atoms with Crippen molar-refractivity contribution >= 4 is 39.3 Å². The molecule has 3 N–H and O–H groups in total. The zero-order chi connectivity index (χ0) is 19.7. The summed E-state index contributed by atoms with van der Waals surface area (Å²) < 4.78 is 7.60. The van der Waals surface area contributed by atoms with Gasteiger partial charge in [0.25, 0.3) is 0 Å². The quantitative estimate of drug-likeness (QED) is 0.637. The van der Waals surface area contributed by atoms with Gasteiger partial charge in [0.15, 0.2) is 5.65 Å². The van der Waals surface area contributed by atoms with Crippen molar-refractivity contribution in [2.75, 3.05) is 30.0 Å². The Balaban J connectivity index is 1.69. The van der Waals surface area contributed by atoms with Crippen LogP contribution in [0.2, 0.25) is 0 Å². The molecule has 2 aromatic heterocycles. The number of rotatable bonds is 5. The van der Waals surface area contributed by atoms with Gasteiger partial charge >= 0.3 is 6.09 Å². The lowest BCUT2D eigenvalue weighted by atomic mass is 9.92. The maximum Gasteiger partial charge on any atom is 0.413 e. The van der Waals surface area contributed by atoms with Gasteiger partial charge < -0.3 is 20.3 Å². The molecule has 1 amide bonds. The van der Waals surface area contributed by atoms with Gasteiger partial charge in [-0.25, -0.2) is 9.78 Å². The fourth-order valence-corrected chi connectivity index (χ4v) is 4.26. The van der Waals surface area contributed by atoms with Crippen LogP contribution in [0.15, 0.2) is 16.7 Å². The van der Waals surface area contributed by atoms with E-state index in [0.29, 0.717) is 41.5 Å². The molecule has 1 saturated carbocycles. The maximum atomic E-state index is 12.0. The van der Waals surface area contributed by atoms with Gasteiger partial charge in [-0.3, -0.25) is 4.90 Å². The average molecular weight is 454 g/mol. The van der Waals surface area contributed by atoms with E-state index in [1.54, 1.807) is 12.3 Å². The minimum absolute atomic E-state index is 0.0974. The first-order chi connectivity index (χ1) is 13.5. The van der Waals surface area contributed by atoms with E-state index in [2.05, 4.69) is 31.3 Å². The first kappa shape index (κ1) is 19.4. The smallest absolute Gasteiger partial charge is 0.413 e. The number of nitrogens with zero attached hydrogens (tertiary/aromatic N) is 4. The third kappa shape index (κ3) is 3.94. The van der Waals surface area contributed by atoms with E-state index in [0.717, 1.165) is 32.1 Å². The van der Waals surface area contributed by atoms with Crippen molar-refractivity contribution in [3.63, 3.8) is 0 Å². The number of carboxylic acid groups (broad SMARTS) is 1. The van der Waals surface area contributed by atoms with Crippen molar-refractivity contribution in [2.45, 2.75) is 44.2 Å². The number of anilines is 2. The van der Waals surface area contributed by atoms with Gasteiger partial charge in [0.1, 0.15) is 11.6 Å². The van der Waals surface area contributed by atoms with Crippen molar-refractivity contribution < 1.29 is 19.7 Å². The van der Waals surface area contributed by atoms with E-state index in [1.807, 2.05) is 0 Å². The van der Waals surface area contributed by atoms with E-state index < -0.39 is 12.2 Å². The molecule has 1 aliphatic carbocycles. The summed E-state index contributed by atoms with van der Waals surface area (Å²) in [6, 6.07) is 1.59. The van der Waals surface area contributed by atoms with E-state index >= 15 is 0 Å². The second-order valence-corrected chi connectivity index (χ2v) is 8.31. The van der Waals surface area contributed by atoms with Crippen LogP contribution in [0, 0.1) is 5.92 Å². The van der Waals surface area contributed by atoms with Gasteiger partial charge in [-0.15, -0.1) is 0 Å². The van der Waals surface area contributed by atoms with Crippen LogP contribution in [0.25, 0.3) is 5.65 Å². The molecular weight excluding hydrogens is 430 g/mol. The summed E-state index contributed by atoms with van der Waals surface area (Å²) in [5, 5.41) is 27.7. The van der Waals surface area contributed by atoms with Crippen LogP contribution < -0.4 is 10.2 Å². The lowest BCUT2D eigenvalue weighted by molar-refractivity contribution is 0.116. The zero-order valence-electron chi connectivity index (χ0n) is 15.4. The van der Waals surface area contributed by atoms with Gasteiger partial charge in [0.05, 0.1) is 29.4 Å². The average Bonchev–Trinajstić information content (AvgIpc) is 3.31. The summed E-state index contributed by atoms with van der Waals surface area (Å²) in [6.07, 6.45) is 4.62. The molecule has 0 radical (unpaired) electrons. The molecular formula is C18H24BrN5O4. The van der Waals surface area contributed by atoms with Crippen LogP contribution in [-0.2, 0) is 4.74 Å². The predicted octanol–water partition coefficient (Wildman–Crippen LogP) is 2.73. The Labute approximate surface area is 170 Å². The fraction of sp³-hybridized carbons (Fsp3) is 0.611. The molecule has 28 heavy (non-hydrogen) atoms. The Kier molecular flexibility index (Phi) is 5.70. The number of nitrogens with one attached hydrogen (secondary N) is 1. The number of ether oxygens (including phenoxy) is 1. The van der Waals surface area contributed by atoms with E-state index in [4.69, 9.17) is 4.74 Å². The van der Waals surface area contributed by atoms with Crippen molar-refractivity contribution in [1.82, 2.24) is 14.6 Å². The number of aliphatic hydroxyl groups is 1. The van der Waals surface area contributed by atoms with Crippen molar-refractivity contribution in [2.24, 2.45) is 5.92 Å². The molecule has 1 saturated heterocycles. The van der Waals surface area contributed by atoms with Crippen LogP contribution in [0.1, 0.15) is 32.1 Å². The van der Waals surface area contributed by atoms with Crippen LogP contribution in [0.3, 0.4) is 0 Å². The standard InChI is InChI=1S/C18H24BrN5O4/c19-12-8-20-24-16(23(18(26)27)9-11-5-6-28-10-11)7-15(22-17(12)24)21-13-3-1-2-4-14(13)25/h7-8,11,13-14,25H,1-6,9-10H2,(H,21,22)(H,26,27)/t11-,13+,14-/m1/s1. The first-order valence-corrected chi connectivity index (χ1v) is 10.4. The molecule has 152 valence electrons. The van der Waals surface area contributed by atoms with Crippen molar-refractivity contribution in [3.8, 4) is 0 Å². The molecule has 2 aromatic rings. The molecule has 10 heteroatoms. The Morgan fingerprint density at radius 2 is 2.21 bits per heavy atom. The van der Waals surface area contributed by atoms with Gasteiger partial charge in [-0.1, -0.05) is 12.8 Å². The summed E-state index contributed by atoms with van der Waals surface area (Å²) in [7, 11) is 0. The highest BCUT2D eigenvalue weighted by Gasteiger charge is 2.28. The molecule has 0 spiro atoms. The molecule has 0 aromatic carbocycles. The van der Waals surface area contributed by atoms with Crippen LogP contribution in [0.4, 0.5) is 16.4 Å².